The Kier molecular flexibility index (Phi) is 5.63. The molecule has 1 fully saturated rings. The van der Waals surface area contributed by atoms with E-state index in [1.807, 2.05) is 18.2 Å². The summed E-state index contributed by atoms with van der Waals surface area (Å²) in [6, 6.07) is 5.89. The van der Waals surface area contributed by atoms with Crippen LogP contribution in [-0.4, -0.2) is 23.0 Å². The number of nitrogens with zero attached hydrogens (tertiary/aromatic N) is 2. The third-order valence-electron chi connectivity index (χ3n) is 4.39. The Bertz CT molecular complexity index is 801. The van der Waals surface area contributed by atoms with Gasteiger partial charge in [0.05, 0.1) is 25.1 Å². The van der Waals surface area contributed by atoms with Crippen molar-refractivity contribution in [1.82, 2.24) is 9.78 Å². The van der Waals surface area contributed by atoms with Gasteiger partial charge in [0.25, 0.3) is 5.56 Å². The molecule has 1 aliphatic rings. The van der Waals surface area contributed by atoms with E-state index in [1.165, 1.54) is 17.5 Å². The molecule has 1 aromatic carbocycles. The van der Waals surface area contributed by atoms with Crippen molar-refractivity contribution in [3.8, 4) is 11.5 Å². The molecule has 0 spiro atoms. The number of halogens is 1. The Labute approximate surface area is 155 Å². The van der Waals surface area contributed by atoms with Crippen LogP contribution in [0.4, 0.5) is 5.69 Å². The molecule has 25 heavy (non-hydrogen) atoms. The molecule has 1 aromatic heterocycles. The molecule has 3 rings (SSSR count). The molecule has 1 heterocycles. The lowest BCUT2D eigenvalue weighted by molar-refractivity contribution is 0.200. The summed E-state index contributed by atoms with van der Waals surface area (Å²) < 4.78 is 13.3. The molecule has 1 aliphatic carbocycles. The highest BCUT2D eigenvalue weighted by molar-refractivity contribution is 9.10. The summed E-state index contributed by atoms with van der Waals surface area (Å²) >= 11 is 3.32. The second kappa shape index (κ2) is 7.91. The smallest absolute Gasteiger partial charge is 0.282 e. The van der Waals surface area contributed by atoms with E-state index in [9.17, 15) is 4.79 Å². The molecule has 0 bridgehead atoms. The van der Waals surface area contributed by atoms with Crippen molar-refractivity contribution < 1.29 is 9.47 Å². The summed E-state index contributed by atoms with van der Waals surface area (Å²) in [7, 11) is 3.27. The lowest BCUT2D eigenvalue weighted by Crippen LogP contribution is -2.21. The van der Waals surface area contributed by atoms with Crippen molar-refractivity contribution in [2.75, 3.05) is 12.4 Å². The van der Waals surface area contributed by atoms with E-state index in [1.54, 1.807) is 20.4 Å². The molecule has 0 saturated heterocycles. The normalized spacial score (nSPS) is 14.5. The van der Waals surface area contributed by atoms with Gasteiger partial charge in [-0.25, -0.2) is 4.68 Å². The quantitative estimate of drug-likeness (QED) is 0.793. The first kappa shape index (κ1) is 17.8. The van der Waals surface area contributed by atoms with Gasteiger partial charge >= 0.3 is 0 Å². The van der Waals surface area contributed by atoms with E-state index in [4.69, 9.17) is 9.47 Å². The molecule has 2 aromatic rings. The van der Waals surface area contributed by atoms with Gasteiger partial charge in [0.15, 0.2) is 11.5 Å². The van der Waals surface area contributed by atoms with Crippen LogP contribution >= 0.6 is 15.9 Å². The highest BCUT2D eigenvalue weighted by Crippen LogP contribution is 2.32. The Morgan fingerprint density at radius 3 is 2.80 bits per heavy atom. The summed E-state index contributed by atoms with van der Waals surface area (Å²) in [5, 5.41) is 7.27. The first-order valence-electron chi connectivity index (χ1n) is 8.37. The van der Waals surface area contributed by atoms with E-state index < -0.39 is 0 Å². The van der Waals surface area contributed by atoms with Crippen LogP contribution in [0.25, 0.3) is 0 Å². The third kappa shape index (κ3) is 4.15. The largest absolute Gasteiger partial charge is 0.493 e. The average molecular weight is 408 g/mol. The molecule has 0 aliphatic heterocycles. The van der Waals surface area contributed by atoms with Crippen molar-refractivity contribution in [3.05, 3.63) is 44.8 Å². The van der Waals surface area contributed by atoms with Gasteiger partial charge in [0.1, 0.15) is 4.47 Å². The summed E-state index contributed by atoms with van der Waals surface area (Å²) in [6.07, 6.45) is 6.53. The maximum atomic E-state index is 11.9. The number of aryl methyl sites for hydroxylation is 1. The van der Waals surface area contributed by atoms with Crippen LogP contribution in [0.1, 0.15) is 31.2 Å². The zero-order chi connectivity index (χ0) is 17.8. The van der Waals surface area contributed by atoms with Gasteiger partial charge < -0.3 is 14.8 Å². The van der Waals surface area contributed by atoms with Crippen LogP contribution in [0.5, 0.6) is 11.5 Å². The lowest BCUT2D eigenvalue weighted by atomic mass is 10.2. The average Bonchev–Trinajstić information content (AvgIpc) is 3.12. The van der Waals surface area contributed by atoms with E-state index >= 15 is 0 Å². The number of rotatable bonds is 6. The molecule has 0 amide bonds. The molecule has 1 N–H and O–H groups in total. The molecule has 0 unspecified atom stereocenters. The van der Waals surface area contributed by atoms with Gasteiger partial charge in [-0.2, -0.15) is 5.10 Å². The molecule has 0 radical (unpaired) electrons. The Morgan fingerprint density at radius 1 is 1.32 bits per heavy atom. The van der Waals surface area contributed by atoms with E-state index in [-0.39, 0.29) is 11.7 Å². The zero-order valence-corrected chi connectivity index (χ0v) is 16.0. The van der Waals surface area contributed by atoms with E-state index in [2.05, 4.69) is 26.3 Å². The van der Waals surface area contributed by atoms with Crippen LogP contribution < -0.4 is 20.3 Å². The molecule has 134 valence electrons. The predicted octanol–water partition coefficient (Wildman–Crippen LogP) is 3.48. The van der Waals surface area contributed by atoms with Crippen molar-refractivity contribution in [2.24, 2.45) is 7.05 Å². The summed E-state index contributed by atoms with van der Waals surface area (Å²) in [6.45, 7) is 0.554. The molecular formula is C18H22BrN3O3. The van der Waals surface area contributed by atoms with Gasteiger partial charge in [-0.3, -0.25) is 4.79 Å². The molecule has 0 atom stereocenters. The third-order valence-corrected chi connectivity index (χ3v) is 5.15. The first-order chi connectivity index (χ1) is 12.1. The molecular weight excluding hydrogens is 386 g/mol. The summed E-state index contributed by atoms with van der Waals surface area (Å²) in [5.41, 5.74) is 1.53. The van der Waals surface area contributed by atoms with Crippen LogP contribution in [0, 0.1) is 0 Å². The number of nitrogens with one attached hydrogen (secondary N) is 1. The predicted molar refractivity (Wildman–Crippen MR) is 100 cm³/mol. The fourth-order valence-corrected chi connectivity index (χ4v) is 3.44. The molecule has 1 saturated carbocycles. The van der Waals surface area contributed by atoms with Crippen LogP contribution in [0.3, 0.4) is 0 Å². The van der Waals surface area contributed by atoms with Crippen molar-refractivity contribution in [3.63, 3.8) is 0 Å². The Hall–Kier alpha value is -2.02. The molecule has 6 nitrogen and oxygen atoms in total. The SMILES string of the molecule is COc1ccc(CNc2cnn(C)c(=O)c2Br)cc1OC1CCCC1. The highest BCUT2D eigenvalue weighted by atomic mass is 79.9. The Balaban J connectivity index is 1.74. The first-order valence-corrected chi connectivity index (χ1v) is 9.17. The van der Waals surface area contributed by atoms with E-state index in [0.717, 1.165) is 29.9 Å². The maximum Gasteiger partial charge on any atom is 0.282 e. The minimum absolute atomic E-state index is 0.176. The fraction of sp³-hybridized carbons (Fsp3) is 0.444. The summed E-state index contributed by atoms with van der Waals surface area (Å²) in [4.78, 5) is 11.9. The second-order valence-corrected chi connectivity index (χ2v) is 6.96. The van der Waals surface area contributed by atoms with Gasteiger partial charge in [-0.1, -0.05) is 6.07 Å². The van der Waals surface area contributed by atoms with Crippen LogP contribution in [-0.2, 0) is 13.6 Å². The number of hydrogen-bond acceptors (Lipinski definition) is 5. The van der Waals surface area contributed by atoms with E-state index in [0.29, 0.717) is 16.7 Å². The number of anilines is 1. The Morgan fingerprint density at radius 2 is 2.08 bits per heavy atom. The number of methoxy groups -OCH3 is 1. The van der Waals surface area contributed by atoms with Crippen LogP contribution in [0.15, 0.2) is 33.7 Å². The zero-order valence-electron chi connectivity index (χ0n) is 14.4. The van der Waals surface area contributed by atoms with Crippen LogP contribution in [0.2, 0.25) is 0 Å². The monoisotopic (exact) mass is 407 g/mol. The van der Waals surface area contributed by atoms with Crippen molar-refractivity contribution >= 4 is 21.6 Å². The van der Waals surface area contributed by atoms with Crippen molar-refractivity contribution in [1.29, 1.82) is 0 Å². The van der Waals surface area contributed by atoms with Gasteiger partial charge in [0, 0.05) is 13.6 Å². The minimum atomic E-state index is -0.176. The summed E-state index contributed by atoms with van der Waals surface area (Å²) in [5.74, 6) is 1.52. The number of ether oxygens (including phenoxy) is 2. The second-order valence-electron chi connectivity index (χ2n) is 6.16. The van der Waals surface area contributed by atoms with Gasteiger partial charge in [-0.15, -0.1) is 0 Å². The lowest BCUT2D eigenvalue weighted by Gasteiger charge is -2.17. The highest BCUT2D eigenvalue weighted by Gasteiger charge is 2.18. The minimum Gasteiger partial charge on any atom is -0.493 e. The van der Waals surface area contributed by atoms with Gasteiger partial charge in [0.2, 0.25) is 0 Å². The fourth-order valence-electron chi connectivity index (χ4n) is 2.94. The number of aromatic nitrogens is 2. The number of hydrogen-bond donors (Lipinski definition) is 1. The van der Waals surface area contributed by atoms with Gasteiger partial charge in [-0.05, 0) is 59.3 Å². The standard InChI is InChI=1S/C18H22BrN3O3/c1-22-18(23)17(19)14(11-21-22)20-10-12-7-8-15(24-2)16(9-12)25-13-5-3-4-6-13/h7-9,11,13,20H,3-6,10H2,1-2H3. The number of benzene rings is 1. The maximum absolute atomic E-state index is 11.9. The topological polar surface area (TPSA) is 65.4 Å². The van der Waals surface area contributed by atoms with Crippen molar-refractivity contribution in [2.45, 2.75) is 38.3 Å². The molecule has 7 heteroatoms.